The van der Waals surface area contributed by atoms with Crippen molar-refractivity contribution in [2.45, 2.75) is 208 Å². The number of amides is 2. The number of nitrogens with one attached hydrogen (secondary N) is 5. The molecule has 5 aliphatic rings. The maximum atomic E-state index is 12.4. The van der Waals surface area contributed by atoms with E-state index in [1.165, 1.54) is 138 Å². The van der Waals surface area contributed by atoms with Crippen LogP contribution in [0.15, 0.2) is 29.9 Å². The first-order valence-corrected chi connectivity index (χ1v) is 26.8. The zero-order valence-electron chi connectivity index (χ0n) is 42.3. The molecule has 1 aromatic heterocycles. The van der Waals surface area contributed by atoms with Crippen molar-refractivity contribution < 1.29 is 63.0 Å². The summed E-state index contributed by atoms with van der Waals surface area (Å²) in [5, 5.41) is 10.8. The Morgan fingerprint density at radius 1 is 0.687 bits per heavy atom. The summed E-state index contributed by atoms with van der Waals surface area (Å²) in [4.78, 5) is 58.6. The summed E-state index contributed by atoms with van der Waals surface area (Å²) in [5.74, 6) is 4.41. The third-order valence-corrected chi connectivity index (χ3v) is 15.9. The first-order valence-electron chi connectivity index (χ1n) is 25.6. The normalized spacial score (nSPS) is 19.3. The number of hydrogen-bond donors (Lipinski definition) is 5. The second kappa shape index (κ2) is 35.5. The summed E-state index contributed by atoms with van der Waals surface area (Å²) in [6.45, 7) is 17.7. The van der Waals surface area contributed by atoms with Gasteiger partial charge in [-0.3, -0.25) is 19.2 Å². The van der Waals surface area contributed by atoms with Gasteiger partial charge < -0.3 is 25.3 Å². The second-order valence-electron chi connectivity index (χ2n) is 20.2. The van der Waals surface area contributed by atoms with E-state index in [-0.39, 0.29) is 63.3 Å². The molecule has 4 fully saturated rings. The van der Waals surface area contributed by atoms with Crippen LogP contribution in [-0.2, 0) is 75.0 Å². The van der Waals surface area contributed by atoms with Gasteiger partial charge in [0.15, 0.2) is 0 Å². The van der Waals surface area contributed by atoms with Crippen LogP contribution in [0.3, 0.4) is 0 Å². The van der Waals surface area contributed by atoms with Crippen LogP contribution in [0.1, 0.15) is 206 Å². The molecule has 1 heterocycles. The zero-order valence-corrected chi connectivity index (χ0v) is 46.9. The largest absolute Gasteiger partial charge is 0.368 e. The molecule has 5 aliphatic carbocycles. The van der Waals surface area contributed by atoms with Crippen LogP contribution in [0.25, 0.3) is 0 Å². The molecule has 6 unspecified atom stereocenters. The van der Waals surface area contributed by atoms with Gasteiger partial charge in [0, 0.05) is 76.9 Å². The molecule has 6 rings (SSSR count). The number of aryl methyl sites for hydroxylation is 1. The molecule has 5 N–H and O–H groups in total. The fourth-order valence-electron chi connectivity index (χ4n) is 10.6. The van der Waals surface area contributed by atoms with E-state index in [9.17, 15) is 19.2 Å². The van der Waals surface area contributed by atoms with E-state index in [4.69, 9.17) is 0 Å². The van der Waals surface area contributed by atoms with E-state index in [1.807, 2.05) is 0 Å². The molecule has 386 valence electrons. The average Bonchev–Trinajstić information content (AvgIpc) is 4.15. The Hall–Kier alpha value is -1.54. The minimum absolute atomic E-state index is 0. The molecular formula is C52H91Fe2N5O6P2. The van der Waals surface area contributed by atoms with E-state index in [0.29, 0.717) is 73.8 Å². The smallest absolute Gasteiger partial charge is 0.325 e. The molecular weight excluding hydrogens is 964 g/mol. The molecule has 4 saturated carbocycles. The molecule has 0 saturated heterocycles. The maximum absolute atomic E-state index is 12.4. The maximum Gasteiger partial charge on any atom is 0.325 e. The van der Waals surface area contributed by atoms with Crippen molar-refractivity contribution in [3.63, 3.8) is 0 Å². The van der Waals surface area contributed by atoms with Gasteiger partial charge in [-0.05, 0) is 142 Å². The number of carbonyl (C=O) groups excluding carboxylic acids is 4. The molecule has 67 heavy (non-hydrogen) atoms. The third-order valence-electron chi connectivity index (χ3n) is 15.7. The first kappa shape index (κ1) is 63.5. The molecule has 0 radical (unpaired) electrons. The van der Waals surface area contributed by atoms with Crippen molar-refractivity contribution in [1.29, 1.82) is 0 Å². The van der Waals surface area contributed by atoms with Crippen molar-refractivity contribution >= 4 is 42.5 Å². The van der Waals surface area contributed by atoms with E-state index in [2.05, 4.69) is 127 Å². The van der Waals surface area contributed by atoms with Crippen LogP contribution in [0, 0.1) is 48.3 Å². The van der Waals surface area contributed by atoms with Crippen molar-refractivity contribution in [1.82, 2.24) is 26.1 Å². The molecule has 0 aromatic carbocycles. The predicted octanol–water partition coefficient (Wildman–Crippen LogP) is 11.9. The molecule has 11 nitrogen and oxygen atoms in total. The molecule has 0 aliphatic heterocycles. The van der Waals surface area contributed by atoms with Crippen LogP contribution >= 0.6 is 18.8 Å². The number of aromatic amines is 1. The van der Waals surface area contributed by atoms with Crippen LogP contribution in [0.2, 0.25) is 0 Å². The summed E-state index contributed by atoms with van der Waals surface area (Å²) in [7, 11) is 4.28. The van der Waals surface area contributed by atoms with Gasteiger partial charge in [-0.25, -0.2) is 0 Å². The van der Waals surface area contributed by atoms with Crippen molar-refractivity contribution in [3.05, 3.63) is 46.8 Å². The van der Waals surface area contributed by atoms with Gasteiger partial charge >= 0.3 is 11.9 Å². The van der Waals surface area contributed by atoms with Crippen molar-refractivity contribution in [2.24, 2.45) is 41.4 Å². The van der Waals surface area contributed by atoms with Gasteiger partial charge in [-0.1, -0.05) is 124 Å². The van der Waals surface area contributed by atoms with Gasteiger partial charge in [-0.2, -0.15) is 0 Å². The number of carbonyl (C=O) groups is 4. The Kier molecular flexibility index (Phi) is 33.7. The number of rotatable bonds is 20. The number of allylic oxidation sites excluding steroid dienone is 2. The standard InChI is InChI=1S/C25H44N2O.C13H19NO.2C7H14NO2P.2Fe/c1-8-17(3)19(5)25(7,18(4)9-2)23-15-22(20(6)27-23)16-26-24(28)14-21-12-10-11-13-21;15-13(9-11-5-1-2-6-11)14-10-12-7-3-4-8-12;2*9-7(10-8-11)5-6-3-1-2-4-6;;/h15,17-19,21,27H,8-14,16H2,1-7H3,(H,26,28);3,7-8,11H,1-2,4-6,9-10H2,(H,14,15);2*6,8H,1-5,11H2;;. The van der Waals surface area contributed by atoms with E-state index >= 15 is 0 Å². The van der Waals surface area contributed by atoms with Gasteiger partial charge in [0.2, 0.25) is 11.8 Å². The van der Waals surface area contributed by atoms with Crippen molar-refractivity contribution in [3.8, 4) is 0 Å². The number of hydrogen-bond acceptors (Lipinski definition) is 8. The minimum Gasteiger partial charge on any atom is -0.368 e. The summed E-state index contributed by atoms with van der Waals surface area (Å²) < 4.78 is 0. The Morgan fingerprint density at radius 2 is 1.10 bits per heavy atom. The topological polar surface area (TPSA) is 151 Å². The van der Waals surface area contributed by atoms with Gasteiger partial charge in [0.05, 0.1) is 12.8 Å². The average molecular weight is 1060 g/mol. The third kappa shape index (κ3) is 23.5. The summed E-state index contributed by atoms with van der Waals surface area (Å²) in [6.07, 6.45) is 32.3. The van der Waals surface area contributed by atoms with Crippen LogP contribution in [0.5, 0.6) is 0 Å². The predicted molar refractivity (Wildman–Crippen MR) is 272 cm³/mol. The van der Waals surface area contributed by atoms with Gasteiger partial charge in [0.1, 0.15) is 0 Å². The molecule has 0 bridgehead atoms. The molecule has 2 amide bonds. The van der Waals surface area contributed by atoms with Gasteiger partial charge in [-0.15, -0.1) is 10.5 Å². The van der Waals surface area contributed by atoms with E-state index in [1.54, 1.807) is 0 Å². The van der Waals surface area contributed by atoms with Gasteiger partial charge in [0.25, 0.3) is 0 Å². The number of H-pyrrole nitrogens is 1. The Bertz CT molecular complexity index is 1590. The van der Waals surface area contributed by atoms with Crippen LogP contribution < -0.4 is 21.1 Å². The summed E-state index contributed by atoms with van der Waals surface area (Å²) in [6, 6.07) is 2.33. The number of aromatic nitrogens is 1. The fourth-order valence-corrected chi connectivity index (χ4v) is 10.9. The minimum atomic E-state index is -0.146. The quantitative estimate of drug-likeness (QED) is 0.0492. The molecule has 1 aromatic rings. The Labute approximate surface area is 432 Å². The SMILES string of the molecule is CCC(C)C(C)C(C)(c1cc(CNC(=O)CC2CCCC2)c(C)[nH]1)C(C)CC.O=C(CC1CCCC1)NCC1=CCC=C1.O=C(CC1CCCC1)ONP.O=C(CC1CCCC1)ONP.[Fe].[Fe]. The first-order chi connectivity index (χ1) is 31.2. The molecule has 0 spiro atoms. The fraction of sp³-hybridized carbons (Fsp3) is 0.769. The van der Waals surface area contributed by atoms with Crippen LogP contribution in [0.4, 0.5) is 0 Å². The van der Waals surface area contributed by atoms with Crippen molar-refractivity contribution in [2.75, 3.05) is 6.54 Å². The Morgan fingerprint density at radius 3 is 1.48 bits per heavy atom. The van der Waals surface area contributed by atoms with Crippen LogP contribution in [-0.4, -0.2) is 35.3 Å². The molecule has 6 atom stereocenters. The summed E-state index contributed by atoms with van der Waals surface area (Å²) >= 11 is 0. The summed E-state index contributed by atoms with van der Waals surface area (Å²) in [5.41, 5.74) is 5.13. The molecule has 15 heteroatoms. The second-order valence-corrected chi connectivity index (χ2v) is 20.6. The van der Waals surface area contributed by atoms with E-state index in [0.717, 1.165) is 12.8 Å². The van der Waals surface area contributed by atoms with E-state index < -0.39 is 0 Å². The monoisotopic (exact) mass is 1060 g/mol. The zero-order chi connectivity index (χ0) is 47.6. The Balaban J connectivity index is 0.000000484.